The van der Waals surface area contributed by atoms with Crippen molar-refractivity contribution in [3.05, 3.63) is 61.0 Å². The number of hydrogen-bond donors (Lipinski definition) is 1. The Balaban J connectivity index is 1.80. The highest BCUT2D eigenvalue weighted by atomic mass is 16.3. The van der Waals surface area contributed by atoms with Gasteiger partial charge < -0.3 is 14.2 Å². The summed E-state index contributed by atoms with van der Waals surface area (Å²) >= 11 is 0. The van der Waals surface area contributed by atoms with Crippen LogP contribution in [0.25, 0.3) is 11.3 Å². The molecule has 0 aliphatic carbocycles. The summed E-state index contributed by atoms with van der Waals surface area (Å²) in [6.07, 6.45) is 4.81. The highest BCUT2D eigenvalue weighted by molar-refractivity contribution is 5.63. The first kappa shape index (κ1) is 11.6. The monoisotopic (exact) mass is 254 g/mol. The van der Waals surface area contributed by atoms with Crippen LogP contribution in [0.4, 0.5) is 5.69 Å². The number of oxazole rings is 1. The molecule has 4 nitrogen and oxygen atoms in total. The van der Waals surface area contributed by atoms with E-state index in [1.165, 1.54) is 6.39 Å². The van der Waals surface area contributed by atoms with E-state index in [-0.39, 0.29) is 6.04 Å². The van der Waals surface area contributed by atoms with Gasteiger partial charge in [-0.3, -0.25) is 0 Å². The van der Waals surface area contributed by atoms with Gasteiger partial charge in [0.15, 0.2) is 12.2 Å². The molecule has 19 heavy (non-hydrogen) atoms. The average molecular weight is 254 g/mol. The first-order chi connectivity index (χ1) is 9.33. The number of hydrogen-bond acceptors (Lipinski definition) is 4. The van der Waals surface area contributed by atoms with E-state index in [9.17, 15) is 0 Å². The first-order valence-electron chi connectivity index (χ1n) is 6.12. The third kappa shape index (κ3) is 2.52. The van der Waals surface area contributed by atoms with Gasteiger partial charge in [-0.25, -0.2) is 4.98 Å². The average Bonchev–Trinajstić information content (AvgIpc) is 3.13. The van der Waals surface area contributed by atoms with Crippen molar-refractivity contribution in [2.45, 2.75) is 13.0 Å². The lowest BCUT2D eigenvalue weighted by atomic mass is 10.1. The Labute approximate surface area is 111 Å². The van der Waals surface area contributed by atoms with Crippen LogP contribution < -0.4 is 5.32 Å². The maximum atomic E-state index is 5.38. The summed E-state index contributed by atoms with van der Waals surface area (Å²) in [5.74, 6) is 1.67. The number of nitrogens with one attached hydrogen (secondary N) is 1. The van der Waals surface area contributed by atoms with Gasteiger partial charge in [-0.05, 0) is 31.2 Å². The summed E-state index contributed by atoms with van der Waals surface area (Å²) in [7, 11) is 0. The maximum Gasteiger partial charge on any atom is 0.181 e. The summed E-state index contributed by atoms with van der Waals surface area (Å²) in [5, 5.41) is 3.39. The number of furan rings is 1. The molecule has 0 saturated carbocycles. The Morgan fingerprint density at radius 3 is 2.84 bits per heavy atom. The Morgan fingerprint density at radius 2 is 2.11 bits per heavy atom. The summed E-state index contributed by atoms with van der Waals surface area (Å²) in [6, 6.07) is 12.0. The van der Waals surface area contributed by atoms with E-state index in [2.05, 4.69) is 17.2 Å². The van der Waals surface area contributed by atoms with Gasteiger partial charge in [0.05, 0.1) is 18.5 Å². The van der Waals surface area contributed by atoms with Gasteiger partial charge in [0.2, 0.25) is 0 Å². The number of anilines is 1. The molecule has 3 aromatic rings. The molecule has 0 saturated heterocycles. The largest absolute Gasteiger partial charge is 0.467 e. The van der Waals surface area contributed by atoms with E-state index < -0.39 is 0 Å². The van der Waals surface area contributed by atoms with Crippen molar-refractivity contribution in [3.8, 4) is 11.3 Å². The molecule has 2 aromatic heterocycles. The normalized spacial score (nSPS) is 12.3. The lowest BCUT2D eigenvalue weighted by Crippen LogP contribution is -2.05. The van der Waals surface area contributed by atoms with Crippen LogP contribution in [0.1, 0.15) is 18.7 Å². The second-order valence-corrected chi connectivity index (χ2v) is 4.33. The topological polar surface area (TPSA) is 51.2 Å². The Morgan fingerprint density at radius 1 is 1.16 bits per heavy atom. The van der Waals surface area contributed by atoms with Crippen LogP contribution in [-0.2, 0) is 0 Å². The van der Waals surface area contributed by atoms with E-state index in [0.29, 0.717) is 0 Å². The van der Waals surface area contributed by atoms with Crippen molar-refractivity contribution in [1.82, 2.24) is 4.98 Å². The van der Waals surface area contributed by atoms with Gasteiger partial charge in [-0.2, -0.15) is 0 Å². The van der Waals surface area contributed by atoms with Crippen molar-refractivity contribution in [1.29, 1.82) is 0 Å². The molecule has 0 spiro atoms. The highest BCUT2D eigenvalue weighted by Gasteiger charge is 2.09. The lowest BCUT2D eigenvalue weighted by Gasteiger charge is -2.13. The molecular formula is C15H14N2O2. The molecule has 0 aliphatic rings. The minimum Gasteiger partial charge on any atom is -0.467 e. The van der Waals surface area contributed by atoms with Gasteiger partial charge in [0.25, 0.3) is 0 Å². The minimum absolute atomic E-state index is 0.111. The molecule has 2 heterocycles. The molecule has 0 radical (unpaired) electrons. The third-order valence-electron chi connectivity index (χ3n) is 2.93. The summed E-state index contributed by atoms with van der Waals surface area (Å²) in [6.45, 7) is 2.06. The van der Waals surface area contributed by atoms with Crippen LogP contribution in [-0.4, -0.2) is 4.98 Å². The van der Waals surface area contributed by atoms with Gasteiger partial charge in [-0.1, -0.05) is 12.1 Å². The van der Waals surface area contributed by atoms with Crippen LogP contribution in [0.2, 0.25) is 0 Å². The third-order valence-corrected chi connectivity index (χ3v) is 2.93. The van der Waals surface area contributed by atoms with E-state index in [4.69, 9.17) is 8.83 Å². The molecule has 0 amide bonds. The van der Waals surface area contributed by atoms with E-state index in [0.717, 1.165) is 22.8 Å². The van der Waals surface area contributed by atoms with E-state index in [1.54, 1.807) is 12.5 Å². The number of aromatic nitrogens is 1. The van der Waals surface area contributed by atoms with Crippen LogP contribution in [0, 0.1) is 0 Å². The van der Waals surface area contributed by atoms with E-state index in [1.807, 2.05) is 36.4 Å². The summed E-state index contributed by atoms with van der Waals surface area (Å²) < 4.78 is 10.7. The fourth-order valence-electron chi connectivity index (χ4n) is 1.98. The van der Waals surface area contributed by atoms with Gasteiger partial charge in [-0.15, -0.1) is 0 Å². The molecule has 0 fully saturated rings. The molecule has 0 bridgehead atoms. The molecule has 1 atom stereocenters. The lowest BCUT2D eigenvalue weighted by molar-refractivity contribution is 0.490. The zero-order valence-electron chi connectivity index (χ0n) is 10.5. The second kappa shape index (κ2) is 5.02. The van der Waals surface area contributed by atoms with Crippen LogP contribution in [0.15, 0.2) is 64.1 Å². The van der Waals surface area contributed by atoms with Crippen LogP contribution in [0.3, 0.4) is 0 Å². The predicted molar refractivity (Wildman–Crippen MR) is 72.7 cm³/mol. The quantitative estimate of drug-likeness (QED) is 0.761. The molecule has 1 aromatic carbocycles. The molecule has 0 aliphatic heterocycles. The second-order valence-electron chi connectivity index (χ2n) is 4.33. The number of nitrogens with zero attached hydrogens (tertiary/aromatic N) is 1. The van der Waals surface area contributed by atoms with Crippen LogP contribution >= 0.6 is 0 Å². The SMILES string of the molecule is CC(Nc1cccc(-c2cnco2)c1)c1ccco1. The zero-order valence-corrected chi connectivity index (χ0v) is 10.5. The summed E-state index contributed by atoms with van der Waals surface area (Å²) in [5.41, 5.74) is 2.01. The van der Waals surface area contributed by atoms with Crippen molar-refractivity contribution in [2.24, 2.45) is 0 Å². The zero-order chi connectivity index (χ0) is 13.1. The van der Waals surface area contributed by atoms with Gasteiger partial charge >= 0.3 is 0 Å². The minimum atomic E-state index is 0.111. The molecule has 3 rings (SSSR count). The maximum absolute atomic E-state index is 5.38. The standard InChI is InChI=1S/C15H14N2O2/c1-11(14-6-3-7-18-14)17-13-5-2-4-12(8-13)15-9-16-10-19-15/h2-11,17H,1H3. The number of benzene rings is 1. The predicted octanol–water partition coefficient (Wildman–Crippen LogP) is 4.11. The van der Waals surface area contributed by atoms with E-state index >= 15 is 0 Å². The first-order valence-corrected chi connectivity index (χ1v) is 6.12. The van der Waals surface area contributed by atoms with Crippen LogP contribution in [0.5, 0.6) is 0 Å². The van der Waals surface area contributed by atoms with Crippen molar-refractivity contribution >= 4 is 5.69 Å². The van der Waals surface area contributed by atoms with Crippen molar-refractivity contribution < 1.29 is 8.83 Å². The molecule has 1 N–H and O–H groups in total. The molecule has 96 valence electrons. The van der Waals surface area contributed by atoms with Gasteiger partial charge in [0.1, 0.15) is 5.76 Å². The highest BCUT2D eigenvalue weighted by Crippen LogP contribution is 2.25. The van der Waals surface area contributed by atoms with Crippen molar-refractivity contribution in [2.75, 3.05) is 5.32 Å². The fourth-order valence-corrected chi connectivity index (χ4v) is 1.98. The molecule has 4 heteroatoms. The van der Waals surface area contributed by atoms with Crippen molar-refractivity contribution in [3.63, 3.8) is 0 Å². The molecular weight excluding hydrogens is 240 g/mol. The fraction of sp³-hybridized carbons (Fsp3) is 0.133. The molecule has 1 unspecified atom stereocenters. The smallest absolute Gasteiger partial charge is 0.181 e. The number of rotatable bonds is 4. The Hall–Kier alpha value is -2.49. The Kier molecular flexibility index (Phi) is 3.06. The summed E-state index contributed by atoms with van der Waals surface area (Å²) in [4.78, 5) is 3.93. The van der Waals surface area contributed by atoms with Gasteiger partial charge in [0, 0.05) is 11.3 Å². The Bertz CT molecular complexity index is 630.